The molecule has 2 aromatic carbocycles. The maximum absolute atomic E-state index is 13.1. The molecule has 5 nitrogen and oxygen atoms in total. The molecule has 2 rings (SSSR count). The van der Waals surface area contributed by atoms with Gasteiger partial charge in [-0.15, -0.1) is 0 Å². The van der Waals surface area contributed by atoms with Gasteiger partial charge < -0.3 is 5.32 Å². The van der Waals surface area contributed by atoms with Crippen LogP contribution in [0, 0.1) is 5.82 Å². The minimum absolute atomic E-state index is 0.0802. The molecular formula is C15H15FN2O3S. The highest BCUT2D eigenvalue weighted by Gasteiger charge is 2.13. The molecule has 0 atom stereocenters. The zero-order valence-electron chi connectivity index (χ0n) is 11.8. The van der Waals surface area contributed by atoms with Crippen molar-refractivity contribution in [2.75, 3.05) is 11.9 Å². The summed E-state index contributed by atoms with van der Waals surface area (Å²) < 4.78 is 39.0. The van der Waals surface area contributed by atoms with E-state index < -0.39 is 21.7 Å². The minimum atomic E-state index is -3.55. The van der Waals surface area contributed by atoms with Crippen molar-refractivity contribution < 1.29 is 17.6 Å². The number of hydrogen-bond acceptors (Lipinski definition) is 3. The van der Waals surface area contributed by atoms with Crippen molar-refractivity contribution in [2.45, 2.75) is 11.8 Å². The topological polar surface area (TPSA) is 75.3 Å². The molecule has 0 saturated heterocycles. The summed E-state index contributed by atoms with van der Waals surface area (Å²) in [7, 11) is -3.55. The number of hydrogen-bond donors (Lipinski definition) is 2. The Balaban J connectivity index is 2.15. The number of benzene rings is 2. The summed E-state index contributed by atoms with van der Waals surface area (Å²) in [4.78, 5) is 12.1. The lowest BCUT2D eigenvalue weighted by atomic mass is 10.2. The summed E-state index contributed by atoms with van der Waals surface area (Å²) in [5, 5.41) is 2.54. The number of sulfonamides is 1. The Hall–Kier alpha value is -2.25. The fourth-order valence-corrected chi connectivity index (χ4v) is 2.87. The third kappa shape index (κ3) is 3.90. The Morgan fingerprint density at radius 3 is 2.41 bits per heavy atom. The second-order valence-corrected chi connectivity index (χ2v) is 6.26. The summed E-state index contributed by atoms with van der Waals surface area (Å²) >= 11 is 0. The normalized spacial score (nSPS) is 11.2. The SMILES string of the molecule is CCNS(=O)(=O)c1ccc(C(=O)Nc2cccc(F)c2)cc1. The molecule has 0 aliphatic carbocycles. The molecule has 7 heteroatoms. The van der Waals surface area contributed by atoms with Gasteiger partial charge in [0.25, 0.3) is 5.91 Å². The third-order valence-corrected chi connectivity index (χ3v) is 4.41. The van der Waals surface area contributed by atoms with Crippen LogP contribution in [0.2, 0.25) is 0 Å². The maximum atomic E-state index is 13.1. The molecule has 0 saturated carbocycles. The van der Waals surface area contributed by atoms with E-state index in [2.05, 4.69) is 10.0 Å². The van der Waals surface area contributed by atoms with E-state index in [1.165, 1.54) is 42.5 Å². The van der Waals surface area contributed by atoms with Crippen molar-refractivity contribution >= 4 is 21.6 Å². The van der Waals surface area contributed by atoms with Crippen LogP contribution in [0.25, 0.3) is 0 Å². The minimum Gasteiger partial charge on any atom is -0.322 e. The van der Waals surface area contributed by atoms with E-state index in [-0.39, 0.29) is 17.0 Å². The van der Waals surface area contributed by atoms with Crippen LogP contribution >= 0.6 is 0 Å². The van der Waals surface area contributed by atoms with Gasteiger partial charge in [-0.05, 0) is 42.5 Å². The van der Waals surface area contributed by atoms with Gasteiger partial charge in [0, 0.05) is 17.8 Å². The Bertz CT molecular complexity index is 774. The predicted molar refractivity (Wildman–Crippen MR) is 81.7 cm³/mol. The first-order valence-corrected chi connectivity index (χ1v) is 8.07. The molecule has 0 heterocycles. The van der Waals surface area contributed by atoms with E-state index in [4.69, 9.17) is 0 Å². The summed E-state index contributed by atoms with van der Waals surface area (Å²) in [5.74, 6) is -0.900. The highest BCUT2D eigenvalue weighted by atomic mass is 32.2. The smallest absolute Gasteiger partial charge is 0.255 e. The lowest BCUT2D eigenvalue weighted by Crippen LogP contribution is -2.23. The van der Waals surface area contributed by atoms with Crippen molar-refractivity contribution in [3.05, 3.63) is 59.9 Å². The standard InChI is InChI=1S/C15H15FN2O3S/c1-2-17-22(20,21)14-8-6-11(7-9-14)15(19)18-13-5-3-4-12(16)10-13/h3-10,17H,2H2,1H3,(H,18,19). The van der Waals surface area contributed by atoms with Crippen molar-refractivity contribution in [1.82, 2.24) is 4.72 Å². The summed E-state index contributed by atoms with van der Waals surface area (Å²) in [5.41, 5.74) is 0.606. The highest BCUT2D eigenvalue weighted by molar-refractivity contribution is 7.89. The van der Waals surface area contributed by atoms with Gasteiger partial charge >= 0.3 is 0 Å². The van der Waals surface area contributed by atoms with Crippen LogP contribution in [0.3, 0.4) is 0 Å². The maximum Gasteiger partial charge on any atom is 0.255 e. The van der Waals surface area contributed by atoms with E-state index in [1.54, 1.807) is 13.0 Å². The summed E-state index contributed by atoms with van der Waals surface area (Å²) in [6, 6.07) is 11.0. The van der Waals surface area contributed by atoms with Gasteiger partial charge in [0.05, 0.1) is 4.90 Å². The van der Waals surface area contributed by atoms with E-state index in [0.29, 0.717) is 5.69 Å². The van der Waals surface area contributed by atoms with Crippen molar-refractivity contribution in [3.63, 3.8) is 0 Å². The second-order valence-electron chi connectivity index (χ2n) is 4.49. The van der Waals surface area contributed by atoms with Crippen LogP contribution < -0.4 is 10.0 Å². The molecule has 0 fully saturated rings. The lowest BCUT2D eigenvalue weighted by molar-refractivity contribution is 0.102. The van der Waals surface area contributed by atoms with Crippen LogP contribution in [0.15, 0.2) is 53.4 Å². The largest absolute Gasteiger partial charge is 0.322 e. The molecule has 22 heavy (non-hydrogen) atoms. The van der Waals surface area contributed by atoms with Gasteiger partial charge in [0.2, 0.25) is 10.0 Å². The molecule has 0 unspecified atom stereocenters. The number of carbonyl (C=O) groups excluding carboxylic acids is 1. The molecule has 0 spiro atoms. The number of nitrogens with one attached hydrogen (secondary N) is 2. The van der Waals surface area contributed by atoms with Crippen LogP contribution in [0.1, 0.15) is 17.3 Å². The van der Waals surface area contributed by atoms with Crippen LogP contribution in [0.4, 0.5) is 10.1 Å². The molecular weight excluding hydrogens is 307 g/mol. The van der Waals surface area contributed by atoms with E-state index in [9.17, 15) is 17.6 Å². The summed E-state index contributed by atoms with van der Waals surface area (Å²) in [6.07, 6.45) is 0. The van der Waals surface area contributed by atoms with E-state index in [1.807, 2.05) is 0 Å². The second kappa shape index (κ2) is 6.67. The first-order valence-electron chi connectivity index (χ1n) is 6.59. The first-order chi connectivity index (χ1) is 10.4. The molecule has 2 aromatic rings. The average Bonchev–Trinajstić information content (AvgIpc) is 2.47. The van der Waals surface area contributed by atoms with Crippen LogP contribution in [-0.4, -0.2) is 20.9 Å². The third-order valence-electron chi connectivity index (χ3n) is 2.84. The highest BCUT2D eigenvalue weighted by Crippen LogP contribution is 2.14. The van der Waals surface area contributed by atoms with Crippen molar-refractivity contribution in [1.29, 1.82) is 0 Å². The fourth-order valence-electron chi connectivity index (χ4n) is 1.83. The summed E-state index contributed by atoms with van der Waals surface area (Å²) in [6.45, 7) is 1.96. The molecule has 0 aliphatic rings. The first kappa shape index (κ1) is 16.1. The quantitative estimate of drug-likeness (QED) is 0.887. The molecule has 0 radical (unpaired) electrons. The van der Waals surface area contributed by atoms with Crippen molar-refractivity contribution in [3.8, 4) is 0 Å². The van der Waals surface area contributed by atoms with Gasteiger partial charge in [0.15, 0.2) is 0 Å². The zero-order chi connectivity index (χ0) is 16.2. The number of carbonyl (C=O) groups is 1. The molecule has 2 N–H and O–H groups in total. The van der Waals surface area contributed by atoms with E-state index >= 15 is 0 Å². The van der Waals surface area contributed by atoms with Gasteiger partial charge in [-0.1, -0.05) is 13.0 Å². The van der Waals surface area contributed by atoms with E-state index in [0.717, 1.165) is 0 Å². The molecule has 0 bridgehead atoms. The fraction of sp³-hybridized carbons (Fsp3) is 0.133. The number of amides is 1. The van der Waals surface area contributed by atoms with Gasteiger partial charge in [-0.3, -0.25) is 4.79 Å². The molecule has 0 aromatic heterocycles. The van der Waals surface area contributed by atoms with Gasteiger partial charge in [-0.2, -0.15) is 0 Å². The predicted octanol–water partition coefficient (Wildman–Crippen LogP) is 2.38. The van der Waals surface area contributed by atoms with Crippen molar-refractivity contribution in [2.24, 2.45) is 0 Å². The van der Waals surface area contributed by atoms with Crippen LogP contribution in [0.5, 0.6) is 0 Å². The Labute approximate surface area is 128 Å². The molecule has 1 amide bonds. The number of rotatable bonds is 5. The Morgan fingerprint density at radius 2 is 1.82 bits per heavy atom. The monoisotopic (exact) mass is 322 g/mol. The van der Waals surface area contributed by atoms with Crippen LogP contribution in [-0.2, 0) is 10.0 Å². The average molecular weight is 322 g/mol. The molecule has 116 valence electrons. The van der Waals surface area contributed by atoms with Gasteiger partial charge in [0.1, 0.15) is 5.82 Å². The Kier molecular flexibility index (Phi) is 4.89. The Morgan fingerprint density at radius 1 is 1.14 bits per heavy atom. The zero-order valence-corrected chi connectivity index (χ0v) is 12.7. The molecule has 0 aliphatic heterocycles. The number of anilines is 1. The lowest BCUT2D eigenvalue weighted by Gasteiger charge is -2.07. The van der Waals surface area contributed by atoms with Gasteiger partial charge in [-0.25, -0.2) is 17.5 Å². The number of halogens is 1.